The van der Waals surface area contributed by atoms with Crippen LogP contribution in [-0.2, 0) is 19.1 Å². The second-order valence-electron chi connectivity index (χ2n) is 11.9. The first-order valence-corrected chi connectivity index (χ1v) is 16.8. The van der Waals surface area contributed by atoms with Gasteiger partial charge in [0.05, 0.1) is 13.2 Å². The Kier molecular flexibility index (Phi) is 28.1. The van der Waals surface area contributed by atoms with Crippen LogP contribution < -0.4 is 0 Å². The van der Waals surface area contributed by atoms with E-state index in [9.17, 15) is 9.59 Å². The summed E-state index contributed by atoms with van der Waals surface area (Å²) in [5, 5.41) is 0. The number of esters is 2. The van der Waals surface area contributed by atoms with E-state index < -0.39 is 0 Å². The predicted octanol–water partition coefficient (Wildman–Crippen LogP) is 10.7. The van der Waals surface area contributed by atoms with Crippen LogP contribution in [0.15, 0.2) is 0 Å². The van der Waals surface area contributed by atoms with E-state index in [1.807, 2.05) is 0 Å². The Balaban J connectivity index is 3.47. The third-order valence-corrected chi connectivity index (χ3v) is 7.85. The van der Waals surface area contributed by atoms with Crippen molar-refractivity contribution in [1.82, 2.24) is 0 Å². The van der Waals surface area contributed by atoms with Gasteiger partial charge in [0.2, 0.25) is 0 Å². The predicted molar refractivity (Wildman–Crippen MR) is 162 cm³/mol. The molecule has 0 amide bonds. The van der Waals surface area contributed by atoms with Crippen molar-refractivity contribution in [2.24, 2.45) is 11.8 Å². The number of ether oxygens (including phenoxy) is 2. The van der Waals surface area contributed by atoms with Crippen molar-refractivity contribution in [3.63, 3.8) is 0 Å². The molecule has 4 heteroatoms. The zero-order valence-electron chi connectivity index (χ0n) is 26.2. The summed E-state index contributed by atoms with van der Waals surface area (Å²) >= 11 is 0. The van der Waals surface area contributed by atoms with Gasteiger partial charge >= 0.3 is 11.9 Å². The van der Waals surface area contributed by atoms with Gasteiger partial charge in [-0.1, -0.05) is 143 Å². The molecule has 0 radical (unpaired) electrons. The van der Waals surface area contributed by atoms with Gasteiger partial charge in [-0.15, -0.1) is 0 Å². The summed E-state index contributed by atoms with van der Waals surface area (Å²) < 4.78 is 10.8. The van der Waals surface area contributed by atoms with E-state index in [1.54, 1.807) is 0 Å². The van der Waals surface area contributed by atoms with Crippen molar-refractivity contribution in [2.75, 3.05) is 13.2 Å². The zero-order chi connectivity index (χ0) is 28.1. The lowest BCUT2D eigenvalue weighted by Crippen LogP contribution is -2.17. The highest BCUT2D eigenvalue weighted by Crippen LogP contribution is 2.23. The monoisotopic (exact) mass is 538 g/mol. The molecule has 0 aromatic rings. The van der Waals surface area contributed by atoms with Gasteiger partial charge in [0, 0.05) is 12.8 Å². The van der Waals surface area contributed by atoms with E-state index in [0.29, 0.717) is 37.9 Å². The lowest BCUT2D eigenvalue weighted by Gasteiger charge is -2.20. The van der Waals surface area contributed by atoms with Gasteiger partial charge in [-0.3, -0.25) is 9.59 Å². The molecular weight excluding hydrogens is 472 g/mol. The average Bonchev–Trinajstić information content (AvgIpc) is 2.89. The number of hydrogen-bond acceptors (Lipinski definition) is 4. The molecule has 0 aliphatic carbocycles. The molecular formula is C34H66O4. The SMILES string of the molecule is CCCCCCOC(=O)CCCCCCCCCCCCCCCC(CC(=O)OCCCCCC)C(C)C. The minimum Gasteiger partial charge on any atom is -0.466 e. The van der Waals surface area contributed by atoms with Crippen LogP contribution in [0, 0.1) is 11.8 Å². The molecule has 0 saturated carbocycles. The minimum absolute atomic E-state index is 0.00515. The van der Waals surface area contributed by atoms with Crippen LogP contribution in [0.5, 0.6) is 0 Å². The summed E-state index contributed by atoms with van der Waals surface area (Å²) in [5.74, 6) is 1.01. The first-order chi connectivity index (χ1) is 18.5. The van der Waals surface area contributed by atoms with Crippen LogP contribution in [0.1, 0.15) is 182 Å². The van der Waals surface area contributed by atoms with Crippen molar-refractivity contribution in [1.29, 1.82) is 0 Å². The fourth-order valence-corrected chi connectivity index (χ4v) is 5.07. The summed E-state index contributed by atoms with van der Waals surface area (Å²) in [7, 11) is 0. The molecule has 4 nitrogen and oxygen atoms in total. The first kappa shape index (κ1) is 36.9. The highest BCUT2D eigenvalue weighted by atomic mass is 16.5. The maximum absolute atomic E-state index is 12.2. The van der Waals surface area contributed by atoms with E-state index >= 15 is 0 Å². The van der Waals surface area contributed by atoms with E-state index in [0.717, 1.165) is 38.5 Å². The maximum Gasteiger partial charge on any atom is 0.306 e. The molecule has 1 atom stereocenters. The van der Waals surface area contributed by atoms with Crippen LogP contribution >= 0.6 is 0 Å². The zero-order valence-corrected chi connectivity index (χ0v) is 26.2. The van der Waals surface area contributed by atoms with Crippen molar-refractivity contribution in [2.45, 2.75) is 182 Å². The van der Waals surface area contributed by atoms with Gasteiger partial charge < -0.3 is 9.47 Å². The van der Waals surface area contributed by atoms with Crippen molar-refractivity contribution >= 4 is 11.9 Å². The van der Waals surface area contributed by atoms with E-state index in [2.05, 4.69) is 27.7 Å². The molecule has 0 heterocycles. The number of carbonyl (C=O) groups excluding carboxylic acids is 2. The first-order valence-electron chi connectivity index (χ1n) is 16.8. The molecule has 0 rings (SSSR count). The molecule has 0 bridgehead atoms. The highest BCUT2D eigenvalue weighted by Gasteiger charge is 2.18. The number of rotatable bonds is 29. The number of carbonyl (C=O) groups is 2. The average molecular weight is 539 g/mol. The molecule has 1 unspecified atom stereocenters. The van der Waals surface area contributed by atoms with Gasteiger partial charge in [-0.25, -0.2) is 0 Å². The largest absolute Gasteiger partial charge is 0.466 e. The van der Waals surface area contributed by atoms with Crippen LogP contribution in [0.25, 0.3) is 0 Å². The fraction of sp³-hybridized carbons (Fsp3) is 0.941. The lowest BCUT2D eigenvalue weighted by atomic mass is 9.87. The Morgan fingerprint density at radius 1 is 0.500 bits per heavy atom. The Hall–Kier alpha value is -1.06. The molecule has 0 aliphatic heterocycles. The van der Waals surface area contributed by atoms with Gasteiger partial charge in [0.15, 0.2) is 0 Å². The van der Waals surface area contributed by atoms with E-state index in [4.69, 9.17) is 9.47 Å². The third-order valence-electron chi connectivity index (χ3n) is 7.85. The summed E-state index contributed by atoms with van der Waals surface area (Å²) in [4.78, 5) is 23.9. The van der Waals surface area contributed by atoms with Crippen LogP contribution in [0.3, 0.4) is 0 Å². The highest BCUT2D eigenvalue weighted by molar-refractivity contribution is 5.69. The molecule has 38 heavy (non-hydrogen) atoms. The normalized spacial score (nSPS) is 12.1. The van der Waals surface area contributed by atoms with Crippen molar-refractivity contribution in [3.8, 4) is 0 Å². The number of unbranched alkanes of at least 4 members (excludes halogenated alkanes) is 18. The molecule has 0 saturated heterocycles. The third kappa shape index (κ3) is 26.5. The Bertz CT molecular complexity index is 517. The smallest absolute Gasteiger partial charge is 0.306 e. The standard InChI is InChI=1S/C34H66O4/c1-5-7-9-24-28-37-33(35)27-23-21-19-17-15-13-11-12-14-16-18-20-22-26-32(31(3)4)30-34(36)38-29-25-10-8-6-2/h31-32H,5-30H2,1-4H3. The fourth-order valence-electron chi connectivity index (χ4n) is 5.07. The number of hydrogen-bond donors (Lipinski definition) is 0. The molecule has 0 N–H and O–H groups in total. The summed E-state index contributed by atoms with van der Waals surface area (Å²) in [6, 6.07) is 0. The van der Waals surface area contributed by atoms with Gasteiger partial charge in [0.25, 0.3) is 0 Å². The Morgan fingerprint density at radius 2 is 0.895 bits per heavy atom. The Morgan fingerprint density at radius 3 is 1.34 bits per heavy atom. The molecule has 0 aromatic carbocycles. The van der Waals surface area contributed by atoms with Crippen molar-refractivity contribution in [3.05, 3.63) is 0 Å². The summed E-state index contributed by atoms with van der Waals surface area (Å²) in [6.07, 6.45) is 28.3. The second-order valence-corrected chi connectivity index (χ2v) is 11.9. The van der Waals surface area contributed by atoms with Crippen LogP contribution in [0.2, 0.25) is 0 Å². The molecule has 0 aromatic heterocycles. The molecule has 0 fully saturated rings. The molecule has 0 aliphatic rings. The van der Waals surface area contributed by atoms with Gasteiger partial charge in [-0.05, 0) is 37.5 Å². The van der Waals surface area contributed by atoms with Gasteiger partial charge in [-0.2, -0.15) is 0 Å². The van der Waals surface area contributed by atoms with Crippen LogP contribution in [-0.4, -0.2) is 25.2 Å². The quantitative estimate of drug-likeness (QED) is 0.0702. The maximum atomic E-state index is 12.2. The Labute approximate surface area is 237 Å². The van der Waals surface area contributed by atoms with E-state index in [1.165, 1.54) is 103 Å². The minimum atomic E-state index is -0.00515. The second kappa shape index (κ2) is 28.9. The van der Waals surface area contributed by atoms with Crippen molar-refractivity contribution < 1.29 is 19.1 Å². The van der Waals surface area contributed by atoms with Crippen LogP contribution in [0.4, 0.5) is 0 Å². The molecule has 0 spiro atoms. The van der Waals surface area contributed by atoms with E-state index in [-0.39, 0.29) is 11.9 Å². The summed E-state index contributed by atoms with van der Waals surface area (Å²) in [6.45, 7) is 10.1. The lowest BCUT2D eigenvalue weighted by molar-refractivity contribution is -0.145. The topological polar surface area (TPSA) is 52.6 Å². The molecule has 226 valence electrons. The van der Waals surface area contributed by atoms with Gasteiger partial charge in [0.1, 0.15) is 0 Å². The summed E-state index contributed by atoms with van der Waals surface area (Å²) in [5.41, 5.74) is 0.